The van der Waals surface area contributed by atoms with Crippen molar-refractivity contribution >= 4 is 16.8 Å². The molecule has 0 aliphatic heterocycles. The molecule has 1 heterocycles. The number of para-hydroxylation sites is 1. The van der Waals surface area contributed by atoms with Gasteiger partial charge in [0.05, 0.1) is 6.42 Å². The normalized spacial score (nSPS) is 14.7. The lowest BCUT2D eigenvalue weighted by Crippen LogP contribution is -2.26. The second kappa shape index (κ2) is 5.47. The monoisotopic (exact) mass is 256 g/mol. The van der Waals surface area contributed by atoms with E-state index in [0.717, 1.165) is 35.3 Å². The van der Waals surface area contributed by atoms with E-state index in [0.29, 0.717) is 6.42 Å². The molecule has 0 saturated heterocycles. The van der Waals surface area contributed by atoms with Gasteiger partial charge in [0.25, 0.3) is 0 Å². The molecule has 19 heavy (non-hydrogen) atoms. The maximum Gasteiger partial charge on any atom is 0.224 e. The molecule has 0 radical (unpaired) electrons. The molecule has 1 saturated carbocycles. The summed E-state index contributed by atoms with van der Waals surface area (Å²) in [7, 11) is 0. The van der Waals surface area contributed by atoms with Crippen LogP contribution in [0.5, 0.6) is 0 Å². The van der Waals surface area contributed by atoms with Gasteiger partial charge < -0.3 is 10.3 Å². The van der Waals surface area contributed by atoms with Crippen LogP contribution in [0.15, 0.2) is 30.5 Å². The number of fused-ring (bicyclic) bond motifs is 1. The van der Waals surface area contributed by atoms with Crippen LogP contribution in [0.25, 0.3) is 10.9 Å². The summed E-state index contributed by atoms with van der Waals surface area (Å²) in [5, 5.41) is 4.16. The molecule has 0 bridgehead atoms. The number of carbonyl (C=O) groups is 1. The Morgan fingerprint density at radius 3 is 3.00 bits per heavy atom. The summed E-state index contributed by atoms with van der Waals surface area (Å²) >= 11 is 0. The topological polar surface area (TPSA) is 44.9 Å². The van der Waals surface area contributed by atoms with Gasteiger partial charge in [0.15, 0.2) is 0 Å². The summed E-state index contributed by atoms with van der Waals surface area (Å²) < 4.78 is 0. The van der Waals surface area contributed by atoms with Crippen LogP contribution in [0.2, 0.25) is 0 Å². The Balaban J connectivity index is 1.50. The Hall–Kier alpha value is -1.77. The predicted octanol–water partition coefficient (Wildman–Crippen LogP) is 3.02. The molecule has 3 heteroatoms. The molecule has 1 fully saturated rings. The first-order valence-electron chi connectivity index (χ1n) is 7.14. The van der Waals surface area contributed by atoms with Crippen LogP contribution in [0.3, 0.4) is 0 Å². The van der Waals surface area contributed by atoms with E-state index < -0.39 is 0 Å². The number of H-pyrrole nitrogens is 1. The van der Waals surface area contributed by atoms with Gasteiger partial charge in [0.2, 0.25) is 5.91 Å². The van der Waals surface area contributed by atoms with Crippen LogP contribution in [0, 0.1) is 5.92 Å². The van der Waals surface area contributed by atoms with Crippen molar-refractivity contribution in [3.8, 4) is 0 Å². The number of nitrogens with one attached hydrogen (secondary N) is 2. The molecule has 2 aromatic rings. The fourth-order valence-electron chi connectivity index (χ4n) is 2.54. The van der Waals surface area contributed by atoms with Gasteiger partial charge in [0.1, 0.15) is 0 Å². The third-order valence-corrected chi connectivity index (χ3v) is 3.83. The average Bonchev–Trinajstić information content (AvgIpc) is 3.17. The molecule has 3 nitrogen and oxygen atoms in total. The Morgan fingerprint density at radius 1 is 1.32 bits per heavy atom. The summed E-state index contributed by atoms with van der Waals surface area (Å²) in [5.74, 6) is 1.08. The molecule has 3 rings (SSSR count). The quantitative estimate of drug-likeness (QED) is 0.767. The zero-order valence-corrected chi connectivity index (χ0v) is 11.1. The molecule has 0 spiro atoms. The van der Waals surface area contributed by atoms with Gasteiger partial charge >= 0.3 is 0 Å². The van der Waals surface area contributed by atoms with Gasteiger partial charge in [-0.15, -0.1) is 0 Å². The van der Waals surface area contributed by atoms with E-state index in [-0.39, 0.29) is 5.91 Å². The first-order chi connectivity index (χ1) is 9.33. The van der Waals surface area contributed by atoms with Gasteiger partial charge in [-0.3, -0.25) is 4.79 Å². The second-order valence-corrected chi connectivity index (χ2v) is 5.47. The SMILES string of the molecule is O=C(Cc1c[nH]c2ccccc12)NCCCC1CC1. The lowest BCUT2D eigenvalue weighted by atomic mass is 10.1. The van der Waals surface area contributed by atoms with E-state index in [1.165, 1.54) is 19.3 Å². The molecule has 1 aromatic heterocycles. The van der Waals surface area contributed by atoms with Gasteiger partial charge in [-0.05, 0) is 30.4 Å². The van der Waals surface area contributed by atoms with Crippen LogP contribution in [0.1, 0.15) is 31.2 Å². The number of amides is 1. The minimum Gasteiger partial charge on any atom is -0.361 e. The first kappa shape index (κ1) is 12.3. The van der Waals surface area contributed by atoms with Crippen LogP contribution in [-0.2, 0) is 11.2 Å². The lowest BCUT2D eigenvalue weighted by molar-refractivity contribution is -0.120. The highest BCUT2D eigenvalue weighted by atomic mass is 16.1. The summed E-state index contributed by atoms with van der Waals surface area (Å²) in [4.78, 5) is 15.1. The minimum absolute atomic E-state index is 0.126. The molecular weight excluding hydrogens is 236 g/mol. The van der Waals surface area contributed by atoms with Gasteiger partial charge in [0, 0.05) is 23.6 Å². The predicted molar refractivity (Wildman–Crippen MR) is 77.0 cm³/mol. The third-order valence-electron chi connectivity index (χ3n) is 3.83. The van der Waals surface area contributed by atoms with Crippen molar-refractivity contribution in [1.82, 2.24) is 10.3 Å². The summed E-state index contributed by atoms with van der Waals surface area (Å²) in [5.41, 5.74) is 2.18. The number of aromatic amines is 1. The smallest absolute Gasteiger partial charge is 0.224 e. The molecule has 2 N–H and O–H groups in total. The standard InChI is InChI=1S/C16H20N2O/c19-16(17-9-3-4-12-7-8-12)10-13-11-18-15-6-2-1-5-14(13)15/h1-2,5-6,11-12,18H,3-4,7-10H2,(H,17,19). The zero-order chi connectivity index (χ0) is 13.1. The molecular formula is C16H20N2O. The maximum atomic E-state index is 11.9. The highest BCUT2D eigenvalue weighted by molar-refractivity contribution is 5.88. The van der Waals surface area contributed by atoms with Gasteiger partial charge in [-0.25, -0.2) is 0 Å². The fraction of sp³-hybridized carbons (Fsp3) is 0.438. The van der Waals surface area contributed by atoms with E-state index in [9.17, 15) is 4.79 Å². The largest absolute Gasteiger partial charge is 0.361 e. The van der Waals surface area contributed by atoms with E-state index in [1.54, 1.807) is 0 Å². The fourth-order valence-corrected chi connectivity index (χ4v) is 2.54. The van der Waals surface area contributed by atoms with Crippen molar-refractivity contribution in [2.75, 3.05) is 6.54 Å². The van der Waals surface area contributed by atoms with Crippen molar-refractivity contribution in [2.45, 2.75) is 32.1 Å². The van der Waals surface area contributed by atoms with Crippen LogP contribution in [0.4, 0.5) is 0 Å². The Bertz CT molecular complexity index is 569. The highest BCUT2D eigenvalue weighted by Crippen LogP contribution is 2.33. The van der Waals surface area contributed by atoms with Crippen LogP contribution >= 0.6 is 0 Å². The molecule has 0 unspecified atom stereocenters. The van der Waals surface area contributed by atoms with Crippen molar-refractivity contribution in [3.63, 3.8) is 0 Å². The van der Waals surface area contributed by atoms with Crippen LogP contribution < -0.4 is 5.32 Å². The number of benzene rings is 1. The molecule has 100 valence electrons. The minimum atomic E-state index is 0.126. The Labute approximate surface area is 113 Å². The average molecular weight is 256 g/mol. The van der Waals surface area contributed by atoms with Crippen molar-refractivity contribution in [3.05, 3.63) is 36.0 Å². The number of hydrogen-bond donors (Lipinski definition) is 2. The summed E-state index contributed by atoms with van der Waals surface area (Å²) in [6.45, 7) is 0.817. The maximum absolute atomic E-state index is 11.9. The van der Waals surface area contributed by atoms with Gasteiger partial charge in [-0.2, -0.15) is 0 Å². The summed E-state index contributed by atoms with van der Waals surface area (Å²) in [6.07, 6.45) is 7.58. The number of aromatic nitrogens is 1. The highest BCUT2D eigenvalue weighted by Gasteiger charge is 2.20. The molecule has 1 aliphatic rings. The first-order valence-corrected chi connectivity index (χ1v) is 7.14. The zero-order valence-electron chi connectivity index (χ0n) is 11.1. The van der Waals surface area contributed by atoms with E-state index in [1.807, 2.05) is 24.4 Å². The molecule has 0 atom stereocenters. The summed E-state index contributed by atoms with van der Waals surface area (Å²) in [6, 6.07) is 8.10. The Morgan fingerprint density at radius 2 is 2.16 bits per heavy atom. The van der Waals surface area contributed by atoms with Crippen LogP contribution in [-0.4, -0.2) is 17.4 Å². The number of rotatable bonds is 6. The second-order valence-electron chi connectivity index (χ2n) is 5.47. The molecule has 1 aromatic carbocycles. The molecule has 1 amide bonds. The Kier molecular flexibility index (Phi) is 3.53. The van der Waals surface area contributed by atoms with Gasteiger partial charge in [-0.1, -0.05) is 31.0 Å². The van der Waals surface area contributed by atoms with E-state index >= 15 is 0 Å². The number of carbonyl (C=O) groups excluding carboxylic acids is 1. The number of hydrogen-bond acceptors (Lipinski definition) is 1. The lowest BCUT2D eigenvalue weighted by Gasteiger charge is -2.04. The third kappa shape index (κ3) is 3.16. The van der Waals surface area contributed by atoms with Crippen molar-refractivity contribution < 1.29 is 4.79 Å². The molecule has 1 aliphatic carbocycles. The van der Waals surface area contributed by atoms with E-state index in [4.69, 9.17) is 0 Å². The van der Waals surface area contributed by atoms with Crippen molar-refractivity contribution in [1.29, 1.82) is 0 Å². The van der Waals surface area contributed by atoms with Crippen molar-refractivity contribution in [2.24, 2.45) is 5.92 Å². The van der Waals surface area contributed by atoms with E-state index in [2.05, 4.69) is 16.4 Å².